The van der Waals surface area contributed by atoms with Crippen molar-refractivity contribution >= 4 is 11.6 Å². The minimum atomic E-state index is -0.0192. The summed E-state index contributed by atoms with van der Waals surface area (Å²) in [5.41, 5.74) is 3.15. The smallest absolute Gasteiger partial charge is 0.130 e. The molecule has 2 N–H and O–H groups in total. The second-order valence-electron chi connectivity index (χ2n) is 5.30. The van der Waals surface area contributed by atoms with Crippen LogP contribution in [-0.2, 0) is 13.6 Å². The first kappa shape index (κ1) is 14.8. The van der Waals surface area contributed by atoms with Crippen molar-refractivity contribution in [2.75, 3.05) is 0 Å². The third-order valence-electron chi connectivity index (χ3n) is 3.57. The zero-order chi connectivity index (χ0) is 15.5. The van der Waals surface area contributed by atoms with Crippen molar-refractivity contribution in [2.45, 2.75) is 19.5 Å². The minimum Gasteiger partial charge on any atom is -0.336 e. The van der Waals surface area contributed by atoms with Gasteiger partial charge in [0.1, 0.15) is 5.82 Å². The molecule has 0 aliphatic carbocycles. The van der Waals surface area contributed by atoms with E-state index >= 15 is 0 Å². The molecule has 0 radical (unpaired) electrons. The van der Waals surface area contributed by atoms with Gasteiger partial charge in [0.05, 0.1) is 11.7 Å². The van der Waals surface area contributed by atoms with Crippen molar-refractivity contribution in [3.63, 3.8) is 0 Å². The first-order valence-electron chi connectivity index (χ1n) is 7.10. The van der Waals surface area contributed by atoms with Crippen molar-refractivity contribution in [2.24, 2.45) is 7.05 Å². The molecular weight excluding hydrogens is 298 g/mol. The molecule has 0 bridgehead atoms. The maximum atomic E-state index is 5.99. The summed E-state index contributed by atoms with van der Waals surface area (Å²) in [5.74, 6) is 0.953. The highest BCUT2D eigenvalue weighted by Crippen LogP contribution is 2.22. The fraction of sp³-hybridized carbons (Fsp3) is 0.250. The lowest BCUT2D eigenvalue weighted by Crippen LogP contribution is -2.25. The third-order valence-corrected chi connectivity index (χ3v) is 3.82. The van der Waals surface area contributed by atoms with Crippen molar-refractivity contribution in [1.29, 1.82) is 0 Å². The number of nitrogens with one attached hydrogen (secondary N) is 2. The highest BCUT2D eigenvalue weighted by Gasteiger charge is 2.18. The van der Waals surface area contributed by atoms with Crippen LogP contribution in [0.2, 0.25) is 5.02 Å². The number of halogens is 1. The molecule has 0 fully saturated rings. The van der Waals surface area contributed by atoms with Crippen LogP contribution in [0.3, 0.4) is 0 Å². The van der Waals surface area contributed by atoms with E-state index < -0.39 is 0 Å². The van der Waals surface area contributed by atoms with Gasteiger partial charge in [-0.3, -0.25) is 10.4 Å². The summed E-state index contributed by atoms with van der Waals surface area (Å²) in [4.78, 5) is 4.47. The Labute approximate surface area is 134 Å². The van der Waals surface area contributed by atoms with Gasteiger partial charge in [-0.05, 0) is 30.7 Å². The molecule has 3 rings (SSSR count). The maximum Gasteiger partial charge on any atom is 0.130 e. The van der Waals surface area contributed by atoms with Crippen LogP contribution in [-0.4, -0.2) is 19.7 Å². The average Bonchev–Trinajstić information content (AvgIpc) is 3.10. The Kier molecular flexibility index (Phi) is 4.27. The summed E-state index contributed by atoms with van der Waals surface area (Å²) < 4.78 is 2.02. The van der Waals surface area contributed by atoms with Gasteiger partial charge in [0.15, 0.2) is 0 Å². The number of H-pyrrole nitrogens is 1. The quantitative estimate of drug-likeness (QED) is 0.761. The highest BCUT2D eigenvalue weighted by molar-refractivity contribution is 6.30. The second kappa shape index (κ2) is 6.34. The number of imidazole rings is 1. The van der Waals surface area contributed by atoms with Gasteiger partial charge in [-0.15, -0.1) is 0 Å². The number of rotatable bonds is 5. The molecule has 2 heterocycles. The average molecular weight is 316 g/mol. The van der Waals surface area contributed by atoms with Gasteiger partial charge in [0.2, 0.25) is 0 Å². The predicted octanol–water partition coefficient (Wildman–Crippen LogP) is 2.98. The number of hydrogen-bond donors (Lipinski definition) is 2. The Morgan fingerprint density at radius 2 is 2.09 bits per heavy atom. The molecule has 0 saturated carbocycles. The van der Waals surface area contributed by atoms with Gasteiger partial charge in [-0.25, -0.2) is 4.98 Å². The second-order valence-corrected chi connectivity index (χ2v) is 5.74. The van der Waals surface area contributed by atoms with E-state index in [9.17, 15) is 0 Å². The van der Waals surface area contributed by atoms with Crippen molar-refractivity contribution in [3.05, 3.63) is 70.5 Å². The summed E-state index contributed by atoms with van der Waals surface area (Å²) >= 11 is 5.99. The predicted molar refractivity (Wildman–Crippen MR) is 86.7 cm³/mol. The first-order valence-corrected chi connectivity index (χ1v) is 7.48. The van der Waals surface area contributed by atoms with Crippen LogP contribution in [0.15, 0.2) is 42.7 Å². The van der Waals surface area contributed by atoms with Gasteiger partial charge < -0.3 is 4.57 Å². The molecule has 1 unspecified atom stereocenters. The molecule has 2 aromatic heterocycles. The lowest BCUT2D eigenvalue weighted by molar-refractivity contribution is 0.552. The molecule has 0 saturated heterocycles. The molecule has 3 aromatic rings. The van der Waals surface area contributed by atoms with Crippen LogP contribution in [0, 0.1) is 6.92 Å². The molecule has 1 aromatic carbocycles. The molecule has 1 atom stereocenters. The van der Waals surface area contributed by atoms with Crippen LogP contribution < -0.4 is 5.32 Å². The summed E-state index contributed by atoms with van der Waals surface area (Å²) in [7, 11) is 1.99. The zero-order valence-electron chi connectivity index (χ0n) is 12.5. The minimum absolute atomic E-state index is 0.0192. The molecule has 0 aliphatic rings. The van der Waals surface area contributed by atoms with Crippen LogP contribution >= 0.6 is 11.6 Å². The molecular formula is C16H18ClN5. The zero-order valence-corrected chi connectivity index (χ0v) is 13.3. The summed E-state index contributed by atoms with van der Waals surface area (Å²) in [6.45, 7) is 2.65. The van der Waals surface area contributed by atoms with Gasteiger partial charge in [-0.1, -0.05) is 23.7 Å². The Balaban J connectivity index is 1.86. The standard InChI is InChI=1S/C16H18ClN5/c1-11-9-14(21-20-11)10-19-15(16-18-7-8-22(16)2)12-3-5-13(17)6-4-12/h3-9,15,19H,10H2,1-2H3,(H,20,21). The SMILES string of the molecule is Cc1cc(CNC(c2ccc(Cl)cc2)c2nccn2C)n[nH]1. The summed E-state index contributed by atoms with van der Waals surface area (Å²) in [6, 6.07) is 9.84. The van der Waals surface area contributed by atoms with Crippen molar-refractivity contribution in [1.82, 2.24) is 25.1 Å². The number of aromatic nitrogens is 4. The molecule has 0 spiro atoms. The van der Waals surface area contributed by atoms with Gasteiger partial charge in [-0.2, -0.15) is 5.10 Å². The van der Waals surface area contributed by atoms with E-state index in [1.807, 2.05) is 55.1 Å². The van der Waals surface area contributed by atoms with E-state index in [-0.39, 0.29) is 6.04 Å². The molecule has 22 heavy (non-hydrogen) atoms. The highest BCUT2D eigenvalue weighted by atomic mass is 35.5. The molecule has 6 heteroatoms. The lowest BCUT2D eigenvalue weighted by Gasteiger charge is -2.18. The number of hydrogen-bond acceptors (Lipinski definition) is 3. The van der Waals surface area contributed by atoms with E-state index in [1.54, 1.807) is 6.20 Å². The van der Waals surface area contributed by atoms with Gasteiger partial charge >= 0.3 is 0 Å². The number of benzene rings is 1. The molecule has 0 amide bonds. The Hall–Kier alpha value is -2.11. The molecule has 114 valence electrons. The van der Waals surface area contributed by atoms with E-state index in [0.29, 0.717) is 6.54 Å². The molecule has 5 nitrogen and oxygen atoms in total. The van der Waals surface area contributed by atoms with Crippen molar-refractivity contribution in [3.8, 4) is 0 Å². The van der Waals surface area contributed by atoms with Crippen LogP contribution in [0.4, 0.5) is 0 Å². The van der Waals surface area contributed by atoms with E-state index in [2.05, 4.69) is 20.5 Å². The van der Waals surface area contributed by atoms with E-state index in [0.717, 1.165) is 27.8 Å². The summed E-state index contributed by atoms with van der Waals surface area (Å²) in [5, 5.41) is 11.5. The maximum absolute atomic E-state index is 5.99. The number of aryl methyl sites for hydroxylation is 2. The fourth-order valence-corrected chi connectivity index (χ4v) is 2.57. The van der Waals surface area contributed by atoms with Crippen LogP contribution in [0.5, 0.6) is 0 Å². The largest absolute Gasteiger partial charge is 0.336 e. The van der Waals surface area contributed by atoms with Crippen LogP contribution in [0.25, 0.3) is 0 Å². The number of nitrogens with zero attached hydrogens (tertiary/aromatic N) is 3. The van der Waals surface area contributed by atoms with Gasteiger partial charge in [0, 0.05) is 36.7 Å². The fourth-order valence-electron chi connectivity index (χ4n) is 2.44. The topological polar surface area (TPSA) is 58.5 Å². The van der Waals surface area contributed by atoms with Crippen LogP contribution in [0.1, 0.15) is 28.8 Å². The normalized spacial score (nSPS) is 12.5. The Morgan fingerprint density at radius 1 is 1.32 bits per heavy atom. The summed E-state index contributed by atoms with van der Waals surface area (Å²) in [6.07, 6.45) is 3.75. The van der Waals surface area contributed by atoms with Crippen molar-refractivity contribution < 1.29 is 0 Å². The van der Waals surface area contributed by atoms with E-state index in [1.165, 1.54) is 0 Å². The van der Waals surface area contributed by atoms with E-state index in [4.69, 9.17) is 11.6 Å². The first-order chi connectivity index (χ1) is 10.6. The Bertz CT molecular complexity index is 744. The third kappa shape index (κ3) is 3.21. The molecule has 0 aliphatic heterocycles. The monoisotopic (exact) mass is 315 g/mol. The number of aromatic amines is 1. The van der Waals surface area contributed by atoms with Gasteiger partial charge in [0.25, 0.3) is 0 Å². The lowest BCUT2D eigenvalue weighted by atomic mass is 10.1. The Morgan fingerprint density at radius 3 is 2.68 bits per heavy atom.